The Morgan fingerprint density at radius 2 is 2.00 bits per heavy atom. The maximum absolute atomic E-state index is 6.54. The van der Waals surface area contributed by atoms with Gasteiger partial charge in [-0.2, -0.15) is 0 Å². The van der Waals surface area contributed by atoms with E-state index in [0.29, 0.717) is 13.8 Å². The molecular formula is C4H8. The molecule has 0 spiro atoms. The second-order valence-electron chi connectivity index (χ2n) is 0.471. The fraction of sp³-hybridized carbons (Fsp3) is 0.500. The molecule has 0 radical (unpaired) electrons. The molecular weight excluding hydrogens is 48.0 g/mol. The summed E-state index contributed by atoms with van der Waals surface area (Å²) in [6.07, 6.45) is 3.32. The zero-order valence-electron chi connectivity index (χ0n) is 4.57. The minimum Gasteiger partial charge on any atom is -0.0919 e. The first-order valence-electron chi connectivity index (χ1n) is 2.56. The van der Waals surface area contributed by atoms with Crippen molar-refractivity contribution in [2.75, 3.05) is 0 Å². The van der Waals surface area contributed by atoms with E-state index in [9.17, 15) is 0 Å². The van der Waals surface area contributed by atoms with E-state index in [2.05, 4.69) is 0 Å². The molecule has 0 aromatic carbocycles. The lowest BCUT2D eigenvalue weighted by Crippen LogP contribution is -1.26. The van der Waals surface area contributed by atoms with Crippen LogP contribution in [0.25, 0.3) is 0 Å². The fourth-order valence-corrected chi connectivity index (χ4v) is 0. The van der Waals surface area contributed by atoms with Gasteiger partial charge >= 0.3 is 0 Å². The second-order valence-corrected chi connectivity index (χ2v) is 0.471. The Morgan fingerprint density at radius 1 is 1.50 bits per heavy atom. The molecule has 4 heavy (non-hydrogen) atoms. The van der Waals surface area contributed by atoms with E-state index < -0.39 is 0 Å². The Morgan fingerprint density at radius 3 is 2.25 bits per heavy atom. The van der Waals surface area contributed by atoms with E-state index in [0.717, 1.165) is 0 Å². The molecule has 0 fully saturated rings. The zero-order chi connectivity index (χ0) is 4.83. The molecule has 0 nitrogen and oxygen atoms in total. The predicted octanol–water partition coefficient (Wildman–Crippen LogP) is 1.58. The lowest BCUT2D eigenvalue weighted by molar-refractivity contribution is 1.64. The molecule has 0 rings (SSSR count). The summed E-state index contributed by atoms with van der Waals surface area (Å²) in [5.74, 6) is 0. The summed E-state index contributed by atoms with van der Waals surface area (Å²) < 4.78 is 13.1. The van der Waals surface area contributed by atoms with Crippen LogP contribution in [0.5, 0.6) is 0 Å². The van der Waals surface area contributed by atoms with Crippen molar-refractivity contribution in [2.45, 2.75) is 13.8 Å². The number of hydrogen-bond donors (Lipinski definition) is 0. The van der Waals surface area contributed by atoms with Gasteiger partial charge in [0.15, 0.2) is 0 Å². The molecule has 0 aliphatic rings. The summed E-state index contributed by atoms with van der Waals surface area (Å²) in [7, 11) is 0. The van der Waals surface area contributed by atoms with Crippen molar-refractivity contribution < 1.29 is 2.74 Å². The molecule has 0 saturated carbocycles. The van der Waals surface area contributed by atoms with Gasteiger partial charge in [0.25, 0.3) is 0 Å². The van der Waals surface area contributed by atoms with Crippen LogP contribution >= 0.6 is 0 Å². The van der Waals surface area contributed by atoms with Crippen molar-refractivity contribution in [1.29, 1.82) is 0 Å². The minimum absolute atomic E-state index is 0.304. The molecule has 0 amide bonds. The number of allylic oxidation sites excluding steroid dienone is 2. The molecule has 0 heteroatoms. The Balaban J connectivity index is 2.73. The average Bonchev–Trinajstić information content (AvgIpc) is 1.61. The smallest absolute Gasteiger partial charge is 0.0273 e. The fourth-order valence-electron chi connectivity index (χ4n) is 0. The van der Waals surface area contributed by atoms with Crippen LogP contribution < -0.4 is 0 Å². The van der Waals surface area contributed by atoms with Gasteiger partial charge in [0.05, 0.1) is 0 Å². The van der Waals surface area contributed by atoms with E-state index in [1.165, 1.54) is 0 Å². The average molecular weight is 58.1 g/mol. The monoisotopic (exact) mass is 58.1 g/mol. The summed E-state index contributed by atoms with van der Waals surface area (Å²) in [4.78, 5) is 0. The molecule has 0 N–H and O–H groups in total. The summed E-state index contributed by atoms with van der Waals surface area (Å²) in [6.45, 7) is 0.609. The third-order valence-electron chi connectivity index (χ3n) is 0.167. The van der Waals surface area contributed by atoms with Gasteiger partial charge in [0.2, 0.25) is 0 Å². The molecule has 0 aromatic rings. The molecule has 24 valence electrons. The highest BCUT2D eigenvalue weighted by Gasteiger charge is 1.34. The van der Waals surface area contributed by atoms with Crippen LogP contribution in [0.15, 0.2) is 12.2 Å². The molecule has 0 aliphatic carbocycles. The van der Waals surface area contributed by atoms with Crippen molar-refractivity contribution in [1.82, 2.24) is 0 Å². The topological polar surface area (TPSA) is 0 Å². The quantitative estimate of drug-likeness (QED) is 0.371. The minimum atomic E-state index is 0.304. The van der Waals surface area contributed by atoms with Crippen molar-refractivity contribution >= 4 is 0 Å². The lowest BCUT2D eigenvalue weighted by Gasteiger charge is -1.49. The molecule has 0 atom stereocenters. The van der Waals surface area contributed by atoms with Gasteiger partial charge in [-0.25, -0.2) is 0 Å². The van der Waals surface area contributed by atoms with Crippen molar-refractivity contribution in [3.05, 3.63) is 12.2 Å². The van der Waals surface area contributed by atoms with Crippen LogP contribution in [0.2, 0.25) is 0 Å². The molecule has 0 aliphatic heterocycles. The van der Waals surface area contributed by atoms with Gasteiger partial charge < -0.3 is 0 Å². The second kappa shape index (κ2) is 2.74. The van der Waals surface area contributed by atoms with E-state index in [4.69, 9.17) is 2.74 Å². The molecule has 0 heterocycles. The molecule has 0 unspecified atom stereocenters. The van der Waals surface area contributed by atoms with Crippen LogP contribution in [0.1, 0.15) is 16.5 Å². The summed E-state index contributed by atoms with van der Waals surface area (Å²) in [5, 5.41) is 0. The van der Waals surface area contributed by atoms with Gasteiger partial charge in [-0.3, -0.25) is 0 Å². The van der Waals surface area contributed by atoms with Crippen LogP contribution in [0.3, 0.4) is 0 Å². The first-order chi connectivity index (χ1) is 2.91. The van der Waals surface area contributed by atoms with E-state index in [1.54, 1.807) is 12.2 Å². The third kappa shape index (κ3) is 1.74. The number of rotatable bonds is 0. The van der Waals surface area contributed by atoms with E-state index in [1.807, 2.05) is 0 Å². The standard InChI is InChI=1S/C4H8/c1-3-4-2/h3-4H,1-2H3/i1D,2D. The third-order valence-corrected chi connectivity index (χ3v) is 0.167. The summed E-state index contributed by atoms with van der Waals surface area (Å²) in [6, 6.07) is 0. The highest BCUT2D eigenvalue weighted by molar-refractivity contribution is 4.68. The summed E-state index contributed by atoms with van der Waals surface area (Å²) >= 11 is 0. The largest absolute Gasteiger partial charge is 0.0919 e. The predicted molar refractivity (Wildman–Crippen MR) is 20.5 cm³/mol. The molecule has 0 bridgehead atoms. The summed E-state index contributed by atoms with van der Waals surface area (Å²) in [5.41, 5.74) is 0. The lowest BCUT2D eigenvalue weighted by atomic mass is 10.6. The molecule has 0 aromatic heterocycles. The zero-order valence-corrected chi connectivity index (χ0v) is 2.57. The van der Waals surface area contributed by atoms with Crippen LogP contribution in [-0.4, -0.2) is 0 Å². The van der Waals surface area contributed by atoms with Crippen molar-refractivity contribution in [2.24, 2.45) is 0 Å². The Hall–Kier alpha value is -0.260. The van der Waals surface area contributed by atoms with E-state index >= 15 is 0 Å². The van der Waals surface area contributed by atoms with E-state index in [-0.39, 0.29) is 0 Å². The van der Waals surface area contributed by atoms with Gasteiger partial charge in [0, 0.05) is 2.74 Å². The highest BCUT2D eigenvalue weighted by Crippen LogP contribution is 1.57. The maximum atomic E-state index is 6.54. The van der Waals surface area contributed by atoms with Crippen molar-refractivity contribution in [3.63, 3.8) is 0 Å². The Kier molecular flexibility index (Phi) is 0.856. The normalized spacial score (nSPS) is 16.0. The Labute approximate surface area is 30.0 Å². The first-order valence-corrected chi connectivity index (χ1v) is 1.15. The number of hydrogen-bond acceptors (Lipinski definition) is 0. The maximum Gasteiger partial charge on any atom is 0.0273 e. The SMILES string of the molecule is [2H]CC=CC[2H]. The van der Waals surface area contributed by atoms with Crippen LogP contribution in [-0.2, 0) is 0 Å². The van der Waals surface area contributed by atoms with Gasteiger partial charge in [-0.1, -0.05) is 12.2 Å². The van der Waals surface area contributed by atoms with Crippen LogP contribution in [0, 0.1) is 0 Å². The van der Waals surface area contributed by atoms with Crippen LogP contribution in [0.4, 0.5) is 0 Å². The molecule has 0 saturated heterocycles. The Bertz CT molecular complexity index is 34.8. The van der Waals surface area contributed by atoms with Gasteiger partial charge in [-0.05, 0) is 13.8 Å². The van der Waals surface area contributed by atoms with Gasteiger partial charge in [0.1, 0.15) is 0 Å². The highest BCUT2D eigenvalue weighted by atomic mass is 13.4. The van der Waals surface area contributed by atoms with Crippen molar-refractivity contribution in [3.8, 4) is 0 Å². The van der Waals surface area contributed by atoms with Gasteiger partial charge in [-0.15, -0.1) is 0 Å². The first kappa shape index (κ1) is 1.25.